The van der Waals surface area contributed by atoms with E-state index in [1.165, 1.54) is 6.42 Å². The largest absolute Gasteiger partial charge is 0.371 e. The Labute approximate surface area is 149 Å². The second kappa shape index (κ2) is 7.06. The molecular weight excluding hydrogens is 314 g/mol. The van der Waals surface area contributed by atoms with Gasteiger partial charge in [0.15, 0.2) is 0 Å². The number of likely N-dealkylation sites (tertiary alicyclic amines) is 1. The topological polar surface area (TPSA) is 52.7 Å². The van der Waals surface area contributed by atoms with Gasteiger partial charge >= 0.3 is 0 Å². The molecule has 1 saturated carbocycles. The summed E-state index contributed by atoms with van der Waals surface area (Å²) in [6.45, 7) is 3.69. The van der Waals surface area contributed by atoms with Crippen molar-refractivity contribution in [1.82, 2.24) is 4.90 Å². The number of benzene rings is 1. The maximum Gasteiger partial charge on any atom is 0.255 e. The van der Waals surface area contributed by atoms with E-state index < -0.39 is 0 Å². The van der Waals surface area contributed by atoms with Gasteiger partial charge in [-0.1, -0.05) is 0 Å². The van der Waals surface area contributed by atoms with Crippen LogP contribution in [0.3, 0.4) is 0 Å². The van der Waals surface area contributed by atoms with Gasteiger partial charge < -0.3 is 15.1 Å². The van der Waals surface area contributed by atoms with E-state index in [-0.39, 0.29) is 17.7 Å². The summed E-state index contributed by atoms with van der Waals surface area (Å²) in [7, 11) is 0. The number of rotatable bonds is 4. The summed E-state index contributed by atoms with van der Waals surface area (Å²) < 4.78 is 0. The van der Waals surface area contributed by atoms with Crippen LogP contribution in [0.4, 0.5) is 11.4 Å². The van der Waals surface area contributed by atoms with Gasteiger partial charge in [-0.05, 0) is 63.1 Å². The van der Waals surface area contributed by atoms with E-state index in [1.54, 1.807) is 0 Å². The van der Waals surface area contributed by atoms with E-state index in [2.05, 4.69) is 10.2 Å². The maximum atomic E-state index is 13.0. The first-order valence-electron chi connectivity index (χ1n) is 9.71. The average molecular weight is 341 g/mol. The minimum absolute atomic E-state index is 0.113. The molecule has 5 heteroatoms. The highest BCUT2D eigenvalue weighted by Gasteiger charge is 2.30. The van der Waals surface area contributed by atoms with E-state index in [9.17, 15) is 9.59 Å². The van der Waals surface area contributed by atoms with Crippen molar-refractivity contribution in [2.75, 3.05) is 36.4 Å². The molecule has 0 aromatic heterocycles. The van der Waals surface area contributed by atoms with Crippen molar-refractivity contribution in [3.8, 4) is 0 Å². The van der Waals surface area contributed by atoms with Crippen LogP contribution in [0.2, 0.25) is 0 Å². The van der Waals surface area contributed by atoms with Crippen LogP contribution in [0.25, 0.3) is 0 Å². The third-order valence-corrected chi connectivity index (χ3v) is 5.53. The Hall–Kier alpha value is -2.04. The number of carbonyl (C=O) groups is 2. The first-order valence-corrected chi connectivity index (χ1v) is 9.71. The molecule has 1 N–H and O–H groups in total. The number of hydrogen-bond donors (Lipinski definition) is 1. The minimum Gasteiger partial charge on any atom is -0.371 e. The fraction of sp³-hybridized carbons (Fsp3) is 0.600. The van der Waals surface area contributed by atoms with Gasteiger partial charge in [-0.25, -0.2) is 0 Å². The van der Waals surface area contributed by atoms with Crippen LogP contribution >= 0.6 is 0 Å². The van der Waals surface area contributed by atoms with Gasteiger partial charge in [-0.2, -0.15) is 0 Å². The summed E-state index contributed by atoms with van der Waals surface area (Å²) in [4.78, 5) is 29.4. The highest BCUT2D eigenvalue weighted by atomic mass is 16.2. The number of carbonyl (C=O) groups excluding carboxylic acids is 2. The first-order chi connectivity index (χ1) is 12.2. The van der Waals surface area contributed by atoms with Gasteiger partial charge in [0.1, 0.15) is 0 Å². The SMILES string of the molecule is O=C(Nc1ccc(C(=O)N2CCCCC2)c(N2CCCC2)c1)C1CC1. The number of anilines is 2. The summed E-state index contributed by atoms with van der Waals surface area (Å²) in [5.74, 6) is 0.439. The lowest BCUT2D eigenvalue weighted by molar-refractivity contribution is -0.117. The molecule has 0 unspecified atom stereocenters. The van der Waals surface area contributed by atoms with Crippen molar-refractivity contribution < 1.29 is 9.59 Å². The quantitative estimate of drug-likeness (QED) is 0.914. The second-order valence-corrected chi connectivity index (χ2v) is 7.54. The normalized spacial score (nSPS) is 20.6. The van der Waals surface area contributed by atoms with Crippen molar-refractivity contribution in [3.05, 3.63) is 23.8 Å². The highest BCUT2D eigenvalue weighted by molar-refractivity contribution is 6.02. The zero-order valence-corrected chi connectivity index (χ0v) is 14.8. The van der Waals surface area contributed by atoms with Crippen LogP contribution in [0.1, 0.15) is 55.3 Å². The van der Waals surface area contributed by atoms with E-state index in [1.807, 2.05) is 23.1 Å². The second-order valence-electron chi connectivity index (χ2n) is 7.54. The van der Waals surface area contributed by atoms with Crippen molar-refractivity contribution in [1.29, 1.82) is 0 Å². The summed E-state index contributed by atoms with van der Waals surface area (Å²) in [6, 6.07) is 5.80. The standard InChI is InChI=1S/C20H27N3O2/c24-19(15-6-7-15)21-16-8-9-17(18(14-16)22-10-4-5-11-22)20(25)23-12-2-1-3-13-23/h8-9,14-15H,1-7,10-13H2,(H,21,24). The number of piperidine rings is 1. The molecule has 2 amide bonds. The monoisotopic (exact) mass is 341 g/mol. The fourth-order valence-electron chi connectivity index (χ4n) is 3.87. The Morgan fingerprint density at radius 3 is 2.28 bits per heavy atom. The number of nitrogens with zero attached hydrogens (tertiary/aromatic N) is 2. The van der Waals surface area contributed by atoms with Crippen LogP contribution in [0, 0.1) is 5.92 Å². The van der Waals surface area contributed by atoms with Gasteiger partial charge in [-0.15, -0.1) is 0 Å². The lowest BCUT2D eigenvalue weighted by atomic mass is 10.1. The third-order valence-electron chi connectivity index (χ3n) is 5.53. The molecular formula is C20H27N3O2. The molecule has 3 fully saturated rings. The molecule has 0 radical (unpaired) electrons. The number of amides is 2. The Bertz CT molecular complexity index is 657. The van der Waals surface area contributed by atoms with Crippen LogP contribution in [-0.2, 0) is 4.79 Å². The van der Waals surface area contributed by atoms with Crippen molar-refractivity contribution >= 4 is 23.2 Å². The molecule has 1 aromatic rings. The van der Waals surface area contributed by atoms with Gasteiger partial charge in [0.2, 0.25) is 5.91 Å². The van der Waals surface area contributed by atoms with E-state index in [0.29, 0.717) is 0 Å². The van der Waals surface area contributed by atoms with Gasteiger partial charge in [0.05, 0.1) is 11.3 Å². The Morgan fingerprint density at radius 1 is 0.920 bits per heavy atom. The van der Waals surface area contributed by atoms with E-state index in [0.717, 1.165) is 81.6 Å². The van der Waals surface area contributed by atoms with Crippen LogP contribution in [0.15, 0.2) is 18.2 Å². The zero-order valence-electron chi connectivity index (χ0n) is 14.8. The molecule has 4 rings (SSSR count). The molecule has 134 valence electrons. The molecule has 2 aliphatic heterocycles. The molecule has 1 aromatic carbocycles. The van der Waals surface area contributed by atoms with Crippen LogP contribution in [0.5, 0.6) is 0 Å². The van der Waals surface area contributed by atoms with E-state index in [4.69, 9.17) is 0 Å². The molecule has 2 heterocycles. The Balaban J connectivity index is 1.59. The van der Waals surface area contributed by atoms with Gasteiger partial charge in [0.25, 0.3) is 5.91 Å². The lowest BCUT2D eigenvalue weighted by Crippen LogP contribution is -2.36. The molecule has 3 aliphatic rings. The highest BCUT2D eigenvalue weighted by Crippen LogP contribution is 2.33. The molecule has 2 saturated heterocycles. The van der Waals surface area contributed by atoms with Crippen molar-refractivity contribution in [3.63, 3.8) is 0 Å². The molecule has 0 bridgehead atoms. The summed E-state index contributed by atoms with van der Waals surface area (Å²) >= 11 is 0. The van der Waals surface area contributed by atoms with Crippen LogP contribution in [-0.4, -0.2) is 42.9 Å². The summed E-state index contributed by atoms with van der Waals surface area (Å²) in [6.07, 6.45) is 7.73. The number of nitrogens with one attached hydrogen (secondary N) is 1. The molecule has 25 heavy (non-hydrogen) atoms. The van der Waals surface area contributed by atoms with Gasteiger partial charge in [-0.3, -0.25) is 9.59 Å². The summed E-state index contributed by atoms with van der Waals surface area (Å²) in [5, 5.41) is 3.02. The number of hydrogen-bond acceptors (Lipinski definition) is 3. The average Bonchev–Trinajstić information content (AvgIpc) is 3.37. The Kier molecular flexibility index (Phi) is 4.64. The predicted octanol–water partition coefficient (Wildman–Crippen LogP) is 3.26. The smallest absolute Gasteiger partial charge is 0.255 e. The first kappa shape index (κ1) is 16.4. The zero-order chi connectivity index (χ0) is 17.2. The molecule has 0 spiro atoms. The molecule has 0 atom stereocenters. The van der Waals surface area contributed by atoms with E-state index >= 15 is 0 Å². The Morgan fingerprint density at radius 2 is 1.60 bits per heavy atom. The lowest BCUT2D eigenvalue weighted by Gasteiger charge is -2.29. The molecule has 1 aliphatic carbocycles. The predicted molar refractivity (Wildman–Crippen MR) is 99.0 cm³/mol. The third kappa shape index (κ3) is 3.65. The van der Waals surface area contributed by atoms with Crippen molar-refractivity contribution in [2.24, 2.45) is 5.92 Å². The maximum absolute atomic E-state index is 13.0. The fourth-order valence-corrected chi connectivity index (χ4v) is 3.87. The van der Waals surface area contributed by atoms with Gasteiger partial charge in [0, 0.05) is 37.8 Å². The minimum atomic E-state index is 0.113. The van der Waals surface area contributed by atoms with Crippen LogP contribution < -0.4 is 10.2 Å². The van der Waals surface area contributed by atoms with Crippen molar-refractivity contribution in [2.45, 2.75) is 44.9 Å². The molecule has 5 nitrogen and oxygen atoms in total. The summed E-state index contributed by atoms with van der Waals surface area (Å²) in [5.41, 5.74) is 2.59.